The van der Waals surface area contributed by atoms with Crippen LogP contribution in [0.2, 0.25) is 0 Å². The van der Waals surface area contributed by atoms with Gasteiger partial charge in [0, 0.05) is 0 Å². The van der Waals surface area contributed by atoms with Gasteiger partial charge in [0.2, 0.25) is 6.79 Å². The number of benzene rings is 2. The molecule has 1 amide bonds. The number of amides is 1. The summed E-state index contributed by atoms with van der Waals surface area (Å²) in [5.74, 6) is 2.43. The van der Waals surface area contributed by atoms with E-state index in [9.17, 15) is 4.79 Å². The summed E-state index contributed by atoms with van der Waals surface area (Å²) in [4.78, 5) is 12.1. The number of fused-ring (bicyclic) bond motifs is 1. The second-order valence-corrected chi connectivity index (χ2v) is 6.41. The highest BCUT2D eigenvalue weighted by Crippen LogP contribution is 2.34. The summed E-state index contributed by atoms with van der Waals surface area (Å²) < 4.78 is 16.2. The fourth-order valence-corrected chi connectivity index (χ4v) is 2.65. The first-order chi connectivity index (χ1) is 12.0. The van der Waals surface area contributed by atoms with E-state index in [0.29, 0.717) is 17.4 Å². The lowest BCUT2D eigenvalue weighted by molar-refractivity contribution is -0.123. The lowest BCUT2D eigenvalue weighted by Gasteiger charge is -2.15. The Morgan fingerprint density at radius 2 is 1.72 bits per heavy atom. The first kappa shape index (κ1) is 17.1. The van der Waals surface area contributed by atoms with Crippen molar-refractivity contribution in [2.45, 2.75) is 32.7 Å². The van der Waals surface area contributed by atoms with E-state index in [1.807, 2.05) is 49.4 Å². The molecule has 0 fully saturated rings. The predicted octanol–water partition coefficient (Wildman–Crippen LogP) is 3.79. The average Bonchev–Trinajstić information content (AvgIpc) is 3.08. The molecule has 1 atom stereocenters. The van der Waals surface area contributed by atoms with E-state index in [1.165, 1.54) is 5.56 Å². The number of nitrogens with one attached hydrogen (secondary N) is 1. The van der Waals surface area contributed by atoms with Gasteiger partial charge in [-0.3, -0.25) is 4.79 Å². The summed E-state index contributed by atoms with van der Waals surface area (Å²) in [6.07, 6.45) is 0. The molecule has 1 heterocycles. The summed E-state index contributed by atoms with van der Waals surface area (Å²) in [6.45, 7) is 6.42. The van der Waals surface area contributed by atoms with Crippen LogP contribution >= 0.6 is 0 Å². The Morgan fingerprint density at radius 1 is 1.04 bits per heavy atom. The van der Waals surface area contributed by atoms with Crippen LogP contribution in [0.4, 0.5) is 0 Å². The maximum Gasteiger partial charge on any atom is 0.258 e. The third-order valence-corrected chi connectivity index (χ3v) is 4.19. The monoisotopic (exact) mass is 341 g/mol. The predicted molar refractivity (Wildman–Crippen MR) is 95.1 cm³/mol. The normalized spacial score (nSPS) is 13.6. The van der Waals surface area contributed by atoms with Crippen molar-refractivity contribution in [3.05, 3.63) is 53.6 Å². The van der Waals surface area contributed by atoms with Crippen molar-refractivity contribution < 1.29 is 19.0 Å². The standard InChI is InChI=1S/C20H23NO4/c1-13(2)15-4-7-17(8-5-15)23-11-20(22)21-14(3)16-6-9-18-19(10-16)25-12-24-18/h4-10,13-14H,11-12H2,1-3H3,(H,21,22). The van der Waals surface area contributed by atoms with E-state index in [4.69, 9.17) is 14.2 Å². The smallest absolute Gasteiger partial charge is 0.258 e. The molecule has 0 saturated heterocycles. The molecule has 0 spiro atoms. The summed E-state index contributed by atoms with van der Waals surface area (Å²) in [7, 11) is 0. The van der Waals surface area contributed by atoms with Gasteiger partial charge in [-0.05, 0) is 48.2 Å². The van der Waals surface area contributed by atoms with Crippen molar-refractivity contribution in [3.8, 4) is 17.2 Å². The minimum absolute atomic E-state index is 0.0179. The lowest BCUT2D eigenvalue weighted by atomic mass is 10.0. The largest absolute Gasteiger partial charge is 0.484 e. The minimum atomic E-state index is -0.168. The molecule has 132 valence electrons. The summed E-state index contributed by atoms with van der Waals surface area (Å²) in [5.41, 5.74) is 2.20. The zero-order chi connectivity index (χ0) is 17.8. The molecular weight excluding hydrogens is 318 g/mol. The first-order valence-electron chi connectivity index (χ1n) is 8.44. The number of hydrogen-bond acceptors (Lipinski definition) is 4. The Balaban J connectivity index is 1.51. The maximum atomic E-state index is 12.1. The molecule has 1 aliphatic heterocycles. The first-order valence-corrected chi connectivity index (χ1v) is 8.44. The number of carbonyl (C=O) groups is 1. The molecular formula is C20H23NO4. The number of rotatable bonds is 6. The van der Waals surface area contributed by atoms with Gasteiger partial charge in [0.1, 0.15) is 5.75 Å². The van der Waals surface area contributed by atoms with Crippen LogP contribution in [0, 0.1) is 0 Å². The van der Waals surface area contributed by atoms with Crippen LogP contribution in [0.15, 0.2) is 42.5 Å². The van der Waals surface area contributed by atoms with Gasteiger partial charge in [0.25, 0.3) is 5.91 Å². The van der Waals surface area contributed by atoms with Crippen LogP contribution in [-0.2, 0) is 4.79 Å². The molecule has 0 bridgehead atoms. The van der Waals surface area contributed by atoms with Gasteiger partial charge >= 0.3 is 0 Å². The Labute approximate surface area is 147 Å². The Kier molecular flexibility index (Phi) is 5.12. The Bertz CT molecular complexity index is 740. The zero-order valence-electron chi connectivity index (χ0n) is 14.7. The highest BCUT2D eigenvalue weighted by atomic mass is 16.7. The molecule has 5 heteroatoms. The zero-order valence-corrected chi connectivity index (χ0v) is 14.7. The van der Waals surface area contributed by atoms with Crippen molar-refractivity contribution in [1.29, 1.82) is 0 Å². The van der Waals surface area contributed by atoms with E-state index in [-0.39, 0.29) is 25.3 Å². The number of carbonyl (C=O) groups excluding carboxylic acids is 1. The second-order valence-electron chi connectivity index (χ2n) is 6.41. The molecule has 0 aliphatic carbocycles. The Hall–Kier alpha value is -2.69. The lowest BCUT2D eigenvalue weighted by Crippen LogP contribution is -2.31. The van der Waals surface area contributed by atoms with Crippen molar-refractivity contribution in [2.75, 3.05) is 13.4 Å². The van der Waals surface area contributed by atoms with Crippen LogP contribution in [0.3, 0.4) is 0 Å². The molecule has 0 radical (unpaired) electrons. The average molecular weight is 341 g/mol. The van der Waals surface area contributed by atoms with Gasteiger partial charge in [-0.1, -0.05) is 32.0 Å². The fourth-order valence-electron chi connectivity index (χ4n) is 2.65. The molecule has 2 aromatic carbocycles. The van der Waals surface area contributed by atoms with E-state index < -0.39 is 0 Å². The highest BCUT2D eigenvalue weighted by Gasteiger charge is 2.17. The van der Waals surface area contributed by atoms with E-state index in [2.05, 4.69) is 19.2 Å². The van der Waals surface area contributed by atoms with E-state index in [1.54, 1.807) is 0 Å². The summed E-state index contributed by atoms with van der Waals surface area (Å²) >= 11 is 0. The SMILES string of the molecule is CC(C)c1ccc(OCC(=O)NC(C)c2ccc3c(c2)OCO3)cc1. The van der Waals surface area contributed by atoms with Crippen LogP contribution < -0.4 is 19.5 Å². The third kappa shape index (κ3) is 4.24. The van der Waals surface area contributed by atoms with Gasteiger partial charge in [-0.15, -0.1) is 0 Å². The van der Waals surface area contributed by atoms with Gasteiger partial charge in [0.15, 0.2) is 18.1 Å². The molecule has 0 saturated carbocycles. The topological polar surface area (TPSA) is 56.8 Å². The molecule has 3 rings (SSSR count). The fraction of sp³-hybridized carbons (Fsp3) is 0.350. The molecule has 5 nitrogen and oxygen atoms in total. The molecule has 1 aliphatic rings. The molecule has 0 aromatic heterocycles. The van der Waals surface area contributed by atoms with Crippen LogP contribution in [0.5, 0.6) is 17.2 Å². The quantitative estimate of drug-likeness (QED) is 0.868. The van der Waals surface area contributed by atoms with Crippen LogP contribution in [0.25, 0.3) is 0 Å². The van der Waals surface area contributed by atoms with Crippen molar-refractivity contribution >= 4 is 5.91 Å². The highest BCUT2D eigenvalue weighted by molar-refractivity contribution is 5.78. The van der Waals surface area contributed by atoms with Crippen molar-refractivity contribution in [3.63, 3.8) is 0 Å². The van der Waals surface area contributed by atoms with Crippen molar-refractivity contribution in [2.24, 2.45) is 0 Å². The number of hydrogen-bond donors (Lipinski definition) is 1. The third-order valence-electron chi connectivity index (χ3n) is 4.19. The molecule has 1 unspecified atom stereocenters. The van der Waals surface area contributed by atoms with Crippen molar-refractivity contribution in [1.82, 2.24) is 5.32 Å². The summed E-state index contributed by atoms with van der Waals surface area (Å²) in [5, 5.41) is 2.93. The summed E-state index contributed by atoms with van der Waals surface area (Å²) in [6, 6.07) is 13.3. The number of ether oxygens (including phenoxy) is 3. The van der Waals surface area contributed by atoms with Gasteiger partial charge in [-0.2, -0.15) is 0 Å². The molecule has 2 aromatic rings. The molecule has 1 N–H and O–H groups in total. The van der Waals surface area contributed by atoms with E-state index in [0.717, 1.165) is 11.3 Å². The Morgan fingerprint density at radius 3 is 2.44 bits per heavy atom. The van der Waals surface area contributed by atoms with Gasteiger partial charge < -0.3 is 19.5 Å². The van der Waals surface area contributed by atoms with E-state index >= 15 is 0 Å². The maximum absolute atomic E-state index is 12.1. The molecule has 25 heavy (non-hydrogen) atoms. The van der Waals surface area contributed by atoms with Gasteiger partial charge in [-0.25, -0.2) is 0 Å². The second kappa shape index (κ2) is 7.47. The van der Waals surface area contributed by atoms with Gasteiger partial charge in [0.05, 0.1) is 6.04 Å². The van der Waals surface area contributed by atoms with Crippen LogP contribution in [0.1, 0.15) is 43.9 Å². The van der Waals surface area contributed by atoms with Crippen LogP contribution in [-0.4, -0.2) is 19.3 Å². The minimum Gasteiger partial charge on any atom is -0.484 e.